The minimum Gasteiger partial charge on any atom is -0.506 e. The first kappa shape index (κ1) is 17.6. The zero-order valence-corrected chi connectivity index (χ0v) is 13.9. The van der Waals surface area contributed by atoms with Crippen molar-refractivity contribution >= 4 is 29.2 Å². The zero-order valence-electron chi connectivity index (χ0n) is 13.1. The van der Waals surface area contributed by atoms with Gasteiger partial charge in [0, 0.05) is 5.02 Å². The summed E-state index contributed by atoms with van der Waals surface area (Å²) in [5, 5.41) is 13.0. The Hall–Kier alpha value is -2.73. The number of amides is 1. The smallest absolute Gasteiger partial charge is 0.337 e. The molecule has 2 N–H and O–H groups in total. The molecule has 2 aromatic carbocycles. The summed E-state index contributed by atoms with van der Waals surface area (Å²) in [6, 6.07) is 9.12. The number of aromatic hydroxyl groups is 1. The molecule has 24 heavy (non-hydrogen) atoms. The Morgan fingerprint density at radius 3 is 2.58 bits per heavy atom. The van der Waals surface area contributed by atoms with Crippen LogP contribution in [0.5, 0.6) is 11.5 Å². The molecule has 1 amide bonds. The molecule has 0 heterocycles. The molecule has 126 valence electrons. The van der Waals surface area contributed by atoms with Crippen LogP contribution in [-0.4, -0.2) is 30.7 Å². The molecule has 0 saturated heterocycles. The van der Waals surface area contributed by atoms with Gasteiger partial charge in [-0.1, -0.05) is 11.6 Å². The van der Waals surface area contributed by atoms with Gasteiger partial charge in [0.2, 0.25) is 0 Å². The van der Waals surface area contributed by atoms with E-state index in [1.54, 1.807) is 18.2 Å². The van der Waals surface area contributed by atoms with Gasteiger partial charge in [-0.15, -0.1) is 0 Å². The molecule has 0 aliphatic carbocycles. The number of halogens is 1. The Labute approximate surface area is 144 Å². The number of carbonyl (C=O) groups is 2. The number of carbonyl (C=O) groups excluding carboxylic acids is 2. The van der Waals surface area contributed by atoms with Crippen LogP contribution in [0.4, 0.5) is 5.69 Å². The van der Waals surface area contributed by atoms with Gasteiger partial charge in [0.05, 0.1) is 18.4 Å². The van der Waals surface area contributed by atoms with Crippen LogP contribution in [0.2, 0.25) is 5.02 Å². The molecule has 0 spiro atoms. The van der Waals surface area contributed by atoms with Crippen molar-refractivity contribution in [2.45, 2.75) is 6.92 Å². The second-order valence-corrected chi connectivity index (χ2v) is 5.38. The summed E-state index contributed by atoms with van der Waals surface area (Å²) in [6.07, 6.45) is 0. The second kappa shape index (κ2) is 7.70. The third-order valence-electron chi connectivity index (χ3n) is 3.19. The summed E-state index contributed by atoms with van der Waals surface area (Å²) >= 11 is 5.92. The van der Waals surface area contributed by atoms with E-state index in [0.29, 0.717) is 10.8 Å². The molecule has 2 rings (SSSR count). The number of phenols is 1. The van der Waals surface area contributed by atoms with E-state index in [0.717, 1.165) is 5.56 Å². The molecule has 2 aromatic rings. The van der Waals surface area contributed by atoms with Gasteiger partial charge in [-0.25, -0.2) is 4.79 Å². The summed E-state index contributed by atoms with van der Waals surface area (Å²) < 4.78 is 9.92. The van der Waals surface area contributed by atoms with Crippen LogP contribution in [-0.2, 0) is 9.53 Å². The fourth-order valence-corrected chi connectivity index (χ4v) is 2.04. The van der Waals surface area contributed by atoms with Crippen molar-refractivity contribution in [3.8, 4) is 11.5 Å². The lowest BCUT2D eigenvalue weighted by Crippen LogP contribution is -2.20. The number of esters is 1. The highest BCUT2D eigenvalue weighted by Gasteiger charge is 2.12. The van der Waals surface area contributed by atoms with Crippen LogP contribution in [0.1, 0.15) is 15.9 Å². The number of rotatable bonds is 5. The molecule has 0 aliphatic heterocycles. The van der Waals surface area contributed by atoms with E-state index < -0.39 is 11.9 Å². The zero-order chi connectivity index (χ0) is 17.7. The molecular weight excluding hydrogens is 334 g/mol. The Kier molecular flexibility index (Phi) is 5.65. The SMILES string of the molecule is COC(=O)c1ccc(NC(=O)COc2ccc(Cl)c(C)c2)c(O)c1. The van der Waals surface area contributed by atoms with Gasteiger partial charge in [0.1, 0.15) is 11.5 Å². The van der Waals surface area contributed by atoms with Crippen molar-refractivity contribution in [2.24, 2.45) is 0 Å². The third kappa shape index (κ3) is 4.39. The normalized spacial score (nSPS) is 10.1. The van der Waals surface area contributed by atoms with Gasteiger partial charge >= 0.3 is 5.97 Å². The molecule has 0 aromatic heterocycles. The average molecular weight is 350 g/mol. The van der Waals surface area contributed by atoms with Gasteiger partial charge in [-0.05, 0) is 48.9 Å². The van der Waals surface area contributed by atoms with E-state index in [2.05, 4.69) is 10.1 Å². The number of nitrogens with one attached hydrogen (secondary N) is 1. The Balaban J connectivity index is 1.97. The molecule has 0 atom stereocenters. The summed E-state index contributed by atoms with van der Waals surface area (Å²) in [6.45, 7) is 1.59. The van der Waals surface area contributed by atoms with Gasteiger partial charge < -0.3 is 19.9 Å². The molecule has 6 nitrogen and oxygen atoms in total. The number of anilines is 1. The minimum absolute atomic E-state index is 0.170. The van der Waals surface area contributed by atoms with E-state index in [-0.39, 0.29) is 23.6 Å². The van der Waals surface area contributed by atoms with Crippen LogP contribution in [0.3, 0.4) is 0 Å². The van der Waals surface area contributed by atoms with Crippen molar-refractivity contribution in [1.29, 1.82) is 0 Å². The number of methoxy groups -OCH3 is 1. The quantitative estimate of drug-likeness (QED) is 0.639. The summed E-state index contributed by atoms with van der Waals surface area (Å²) in [5.41, 5.74) is 1.19. The molecule has 0 unspecified atom stereocenters. The summed E-state index contributed by atoms with van der Waals surface area (Å²) in [5.74, 6) is -0.765. The molecular formula is C17H16ClNO5. The van der Waals surface area contributed by atoms with Gasteiger partial charge in [-0.3, -0.25) is 4.79 Å². The summed E-state index contributed by atoms with van der Waals surface area (Å²) in [4.78, 5) is 23.3. The molecule has 0 saturated carbocycles. The first-order valence-corrected chi connectivity index (χ1v) is 7.38. The summed E-state index contributed by atoms with van der Waals surface area (Å²) in [7, 11) is 1.24. The van der Waals surface area contributed by atoms with E-state index in [9.17, 15) is 14.7 Å². The first-order valence-electron chi connectivity index (χ1n) is 7.01. The van der Waals surface area contributed by atoms with Gasteiger partial charge in [0.25, 0.3) is 5.91 Å². The van der Waals surface area contributed by atoms with Crippen LogP contribution in [0.15, 0.2) is 36.4 Å². The highest BCUT2D eigenvalue weighted by Crippen LogP contribution is 2.25. The maximum absolute atomic E-state index is 11.9. The van der Waals surface area contributed by atoms with Gasteiger partial charge in [0.15, 0.2) is 6.61 Å². The Bertz CT molecular complexity index is 776. The van der Waals surface area contributed by atoms with Crippen LogP contribution in [0.25, 0.3) is 0 Å². The lowest BCUT2D eigenvalue weighted by molar-refractivity contribution is -0.118. The number of hydrogen-bond donors (Lipinski definition) is 2. The lowest BCUT2D eigenvalue weighted by atomic mass is 10.2. The number of benzene rings is 2. The molecule has 0 radical (unpaired) electrons. The van der Waals surface area contributed by atoms with Crippen LogP contribution < -0.4 is 10.1 Å². The molecule has 0 fully saturated rings. The molecule has 7 heteroatoms. The van der Waals surface area contributed by atoms with Crippen molar-refractivity contribution < 1.29 is 24.2 Å². The van der Waals surface area contributed by atoms with Crippen molar-refractivity contribution in [1.82, 2.24) is 0 Å². The predicted molar refractivity (Wildman–Crippen MR) is 89.8 cm³/mol. The van der Waals surface area contributed by atoms with Crippen molar-refractivity contribution in [2.75, 3.05) is 19.0 Å². The molecule has 0 bridgehead atoms. The highest BCUT2D eigenvalue weighted by atomic mass is 35.5. The van der Waals surface area contributed by atoms with Crippen molar-refractivity contribution in [3.05, 3.63) is 52.5 Å². The van der Waals surface area contributed by atoms with Crippen molar-refractivity contribution in [3.63, 3.8) is 0 Å². The standard InChI is InChI=1S/C17H16ClNO5/c1-10-7-12(4-5-13(10)18)24-9-16(21)19-14-6-3-11(8-15(14)20)17(22)23-2/h3-8,20H,9H2,1-2H3,(H,19,21). The Morgan fingerprint density at radius 2 is 1.96 bits per heavy atom. The number of ether oxygens (including phenoxy) is 2. The number of hydrogen-bond acceptors (Lipinski definition) is 5. The van der Waals surface area contributed by atoms with Crippen LogP contribution in [0, 0.1) is 6.92 Å². The largest absolute Gasteiger partial charge is 0.506 e. The lowest BCUT2D eigenvalue weighted by Gasteiger charge is -2.10. The topological polar surface area (TPSA) is 84.9 Å². The third-order valence-corrected chi connectivity index (χ3v) is 3.62. The van der Waals surface area contributed by atoms with E-state index in [4.69, 9.17) is 16.3 Å². The number of aryl methyl sites for hydroxylation is 1. The van der Waals surface area contributed by atoms with E-state index in [1.165, 1.54) is 25.3 Å². The van der Waals surface area contributed by atoms with E-state index >= 15 is 0 Å². The van der Waals surface area contributed by atoms with Crippen LogP contribution >= 0.6 is 11.6 Å². The average Bonchev–Trinajstić information content (AvgIpc) is 2.57. The Morgan fingerprint density at radius 1 is 1.21 bits per heavy atom. The second-order valence-electron chi connectivity index (χ2n) is 4.97. The maximum atomic E-state index is 11.9. The fourth-order valence-electron chi connectivity index (χ4n) is 1.92. The highest BCUT2D eigenvalue weighted by molar-refractivity contribution is 6.31. The minimum atomic E-state index is -0.579. The fraction of sp³-hybridized carbons (Fsp3) is 0.176. The maximum Gasteiger partial charge on any atom is 0.337 e. The number of phenolic OH excluding ortho intramolecular Hbond substituents is 1. The monoisotopic (exact) mass is 349 g/mol. The molecule has 0 aliphatic rings. The predicted octanol–water partition coefficient (Wildman–Crippen LogP) is 3.16. The van der Waals surface area contributed by atoms with E-state index in [1.807, 2.05) is 6.92 Å². The van der Waals surface area contributed by atoms with Gasteiger partial charge in [-0.2, -0.15) is 0 Å². The first-order chi connectivity index (χ1) is 11.4.